The van der Waals surface area contributed by atoms with E-state index in [1.165, 1.54) is 48.5 Å². The monoisotopic (exact) mass is 626 g/mol. The third-order valence-electron chi connectivity index (χ3n) is 5.65. The molecular formula is C30H28F6N2O6. The topological polar surface area (TPSA) is 123 Å². The molecule has 0 aromatic heterocycles. The fraction of sp³-hybridized carbons (Fsp3) is 0.267. The number of benzene rings is 3. The van der Waals surface area contributed by atoms with E-state index < -0.39 is 60.8 Å². The smallest absolute Gasteiger partial charge is 0.426 e. The molecule has 0 radical (unpaired) electrons. The number of halogens is 6. The molecule has 44 heavy (non-hydrogen) atoms. The number of anilines is 2. The molecule has 4 N–H and O–H groups in total. The Balaban J connectivity index is 1.42. The highest BCUT2D eigenvalue weighted by molar-refractivity contribution is 5.91. The first-order valence-corrected chi connectivity index (χ1v) is 13.1. The van der Waals surface area contributed by atoms with Crippen molar-refractivity contribution in [2.45, 2.75) is 31.5 Å². The average molecular weight is 627 g/mol. The molecule has 8 nitrogen and oxygen atoms in total. The van der Waals surface area contributed by atoms with E-state index in [0.717, 1.165) is 18.2 Å². The second-order valence-electron chi connectivity index (χ2n) is 9.28. The van der Waals surface area contributed by atoms with Gasteiger partial charge in [0.05, 0.1) is 30.9 Å². The van der Waals surface area contributed by atoms with Gasteiger partial charge in [-0.05, 0) is 66.6 Å². The van der Waals surface area contributed by atoms with Crippen LogP contribution in [0.25, 0.3) is 6.08 Å². The molecule has 0 fully saturated rings. The van der Waals surface area contributed by atoms with Crippen molar-refractivity contribution in [3.05, 3.63) is 89.2 Å². The van der Waals surface area contributed by atoms with Crippen molar-refractivity contribution in [1.82, 2.24) is 0 Å². The summed E-state index contributed by atoms with van der Waals surface area (Å²) in [4.78, 5) is 24.0. The fourth-order valence-electron chi connectivity index (χ4n) is 3.59. The Morgan fingerprint density at radius 3 is 2.09 bits per heavy atom. The number of esters is 2. The van der Waals surface area contributed by atoms with Crippen molar-refractivity contribution in [3.8, 4) is 11.5 Å². The zero-order valence-electron chi connectivity index (χ0n) is 23.0. The number of ether oxygens (including phenoxy) is 4. The molecule has 0 saturated carbocycles. The van der Waals surface area contributed by atoms with Gasteiger partial charge in [0.15, 0.2) is 11.6 Å². The Kier molecular flexibility index (Phi) is 11.5. The first-order chi connectivity index (χ1) is 20.7. The summed E-state index contributed by atoms with van der Waals surface area (Å²) in [5.41, 5.74) is 11.7. The molecular weight excluding hydrogens is 598 g/mol. The summed E-state index contributed by atoms with van der Waals surface area (Å²) in [6.45, 7) is -0.504. The van der Waals surface area contributed by atoms with Crippen LogP contribution >= 0.6 is 0 Å². The average Bonchev–Trinajstić information content (AvgIpc) is 2.94. The number of carbonyl (C=O) groups excluding carboxylic acids is 2. The lowest BCUT2D eigenvalue weighted by molar-refractivity contribution is -0.185. The van der Waals surface area contributed by atoms with E-state index >= 15 is 0 Å². The maximum absolute atomic E-state index is 14.6. The number of hydrogen-bond acceptors (Lipinski definition) is 8. The molecule has 3 aromatic carbocycles. The number of nitrogen functional groups attached to an aromatic ring is 2. The maximum atomic E-state index is 14.6. The van der Waals surface area contributed by atoms with Crippen LogP contribution in [0.3, 0.4) is 0 Å². The molecule has 14 heteroatoms. The molecule has 0 unspecified atom stereocenters. The number of hydrogen-bond donors (Lipinski definition) is 2. The zero-order chi connectivity index (χ0) is 32.3. The normalized spacial score (nSPS) is 11.8. The van der Waals surface area contributed by atoms with Gasteiger partial charge < -0.3 is 30.4 Å². The van der Waals surface area contributed by atoms with Gasteiger partial charge in [0.1, 0.15) is 5.75 Å². The van der Waals surface area contributed by atoms with E-state index in [2.05, 4.69) is 0 Å². The second-order valence-corrected chi connectivity index (χ2v) is 9.28. The molecule has 0 amide bonds. The standard InChI is InChI=1S/C30H28F6N2O6/c31-25-17-21(6-9-26(25)41-12-1-11-29(32,33)34)30(35,36)44-24-7-3-19(4-8-24)5-10-27(39)42-13-2-14-43-28(40)20-15-22(37)18-23(38)16-20/h3-10,15-18H,1-2,11-14,37-38H2. The van der Waals surface area contributed by atoms with E-state index in [9.17, 15) is 35.9 Å². The van der Waals surface area contributed by atoms with E-state index in [0.29, 0.717) is 23.0 Å². The van der Waals surface area contributed by atoms with Gasteiger partial charge in [0, 0.05) is 30.3 Å². The Bertz CT molecular complexity index is 1440. The van der Waals surface area contributed by atoms with Crippen molar-refractivity contribution in [1.29, 1.82) is 0 Å². The van der Waals surface area contributed by atoms with Crippen molar-refractivity contribution in [2.24, 2.45) is 0 Å². The maximum Gasteiger partial charge on any atom is 0.426 e. The van der Waals surface area contributed by atoms with Gasteiger partial charge >= 0.3 is 24.2 Å². The van der Waals surface area contributed by atoms with Gasteiger partial charge in [-0.25, -0.2) is 14.0 Å². The molecule has 0 saturated heterocycles. The minimum Gasteiger partial charge on any atom is -0.491 e. The van der Waals surface area contributed by atoms with Gasteiger partial charge in [0.2, 0.25) is 0 Å². The minimum atomic E-state index is -4.39. The van der Waals surface area contributed by atoms with Gasteiger partial charge in [-0.2, -0.15) is 22.0 Å². The number of alkyl halides is 5. The van der Waals surface area contributed by atoms with E-state index in [-0.39, 0.29) is 30.9 Å². The third-order valence-corrected chi connectivity index (χ3v) is 5.65. The van der Waals surface area contributed by atoms with Gasteiger partial charge in [0.25, 0.3) is 0 Å². The molecule has 3 aromatic rings. The molecule has 0 aliphatic rings. The Hall–Kier alpha value is -4.88. The van der Waals surface area contributed by atoms with Crippen LogP contribution in [0.5, 0.6) is 11.5 Å². The van der Waals surface area contributed by atoms with Crippen molar-refractivity contribution < 1.29 is 54.9 Å². The predicted octanol–water partition coefficient (Wildman–Crippen LogP) is 6.64. The van der Waals surface area contributed by atoms with Gasteiger partial charge in [-0.1, -0.05) is 12.1 Å². The van der Waals surface area contributed by atoms with Crippen LogP contribution in [0.15, 0.2) is 66.7 Å². The Morgan fingerprint density at radius 2 is 1.45 bits per heavy atom. The number of rotatable bonds is 14. The number of nitrogens with two attached hydrogens (primary N) is 2. The predicted molar refractivity (Wildman–Crippen MR) is 148 cm³/mol. The van der Waals surface area contributed by atoms with E-state index in [4.69, 9.17) is 30.4 Å². The van der Waals surface area contributed by atoms with Crippen LogP contribution < -0.4 is 20.9 Å². The molecule has 0 bridgehead atoms. The van der Waals surface area contributed by atoms with Crippen molar-refractivity contribution in [3.63, 3.8) is 0 Å². The first kappa shape index (κ1) is 33.6. The van der Waals surface area contributed by atoms with Crippen molar-refractivity contribution >= 4 is 29.4 Å². The number of carbonyl (C=O) groups is 2. The van der Waals surface area contributed by atoms with Crippen LogP contribution in [0, 0.1) is 5.82 Å². The second kappa shape index (κ2) is 15.0. The SMILES string of the molecule is Nc1cc(N)cc(C(=O)OCCCOC(=O)C=Cc2ccc(OC(F)(F)c3ccc(OCCCC(F)(F)F)c(F)c3)cc2)c1. The van der Waals surface area contributed by atoms with E-state index in [1.807, 2.05) is 0 Å². The molecule has 0 aliphatic carbocycles. The summed E-state index contributed by atoms with van der Waals surface area (Å²) in [6.07, 6.45) is -7.17. The fourth-order valence-corrected chi connectivity index (χ4v) is 3.59. The van der Waals surface area contributed by atoms with Gasteiger partial charge in [-0.15, -0.1) is 0 Å². The first-order valence-electron chi connectivity index (χ1n) is 13.1. The largest absolute Gasteiger partial charge is 0.491 e. The quantitative estimate of drug-likeness (QED) is 0.0671. The Labute approximate surface area is 248 Å². The molecule has 3 rings (SSSR count). The van der Waals surface area contributed by atoms with Crippen LogP contribution in [-0.2, 0) is 20.4 Å². The van der Waals surface area contributed by atoms with Gasteiger partial charge in [-0.3, -0.25) is 0 Å². The molecule has 236 valence electrons. The van der Waals surface area contributed by atoms with Crippen LogP contribution in [-0.4, -0.2) is 37.9 Å². The summed E-state index contributed by atoms with van der Waals surface area (Å²) < 4.78 is 99.7. The molecule has 0 spiro atoms. The van der Waals surface area contributed by atoms with E-state index in [1.54, 1.807) is 0 Å². The highest BCUT2D eigenvalue weighted by Crippen LogP contribution is 2.34. The lowest BCUT2D eigenvalue weighted by Gasteiger charge is -2.19. The summed E-state index contributed by atoms with van der Waals surface area (Å²) in [6, 6.07) is 11.7. The third kappa shape index (κ3) is 11.1. The highest BCUT2D eigenvalue weighted by Gasteiger charge is 2.35. The highest BCUT2D eigenvalue weighted by atomic mass is 19.4. The molecule has 0 aliphatic heterocycles. The van der Waals surface area contributed by atoms with Crippen LogP contribution in [0.2, 0.25) is 0 Å². The lowest BCUT2D eigenvalue weighted by Crippen LogP contribution is -2.22. The summed E-state index contributed by atoms with van der Waals surface area (Å²) in [5.74, 6) is -3.24. The summed E-state index contributed by atoms with van der Waals surface area (Å²) in [7, 11) is 0. The zero-order valence-corrected chi connectivity index (χ0v) is 23.0. The summed E-state index contributed by atoms with van der Waals surface area (Å²) >= 11 is 0. The molecule has 0 heterocycles. The van der Waals surface area contributed by atoms with Crippen LogP contribution in [0.4, 0.5) is 37.7 Å². The molecule has 0 atom stereocenters. The van der Waals surface area contributed by atoms with Crippen LogP contribution in [0.1, 0.15) is 40.7 Å². The van der Waals surface area contributed by atoms with Crippen molar-refractivity contribution in [2.75, 3.05) is 31.3 Å². The lowest BCUT2D eigenvalue weighted by atomic mass is 10.2. The Morgan fingerprint density at radius 1 is 0.795 bits per heavy atom. The minimum absolute atomic E-state index is 0.0213. The summed E-state index contributed by atoms with van der Waals surface area (Å²) in [5, 5.41) is 0.